The molecule has 1 aliphatic rings. The van der Waals surface area contributed by atoms with Crippen LogP contribution in [0, 0.1) is 11.6 Å². The molecule has 8 heteroatoms. The smallest absolute Gasteiger partial charge is 0.256 e. The van der Waals surface area contributed by atoms with Gasteiger partial charge < -0.3 is 14.5 Å². The van der Waals surface area contributed by atoms with E-state index < -0.39 is 17.5 Å². The van der Waals surface area contributed by atoms with Crippen molar-refractivity contribution >= 4 is 32.6 Å². The summed E-state index contributed by atoms with van der Waals surface area (Å²) in [6, 6.07) is 8.82. The summed E-state index contributed by atoms with van der Waals surface area (Å²) in [6.45, 7) is 2.08. The van der Waals surface area contributed by atoms with Gasteiger partial charge in [-0.15, -0.1) is 0 Å². The normalized spacial score (nSPS) is 14.6. The van der Waals surface area contributed by atoms with Crippen LogP contribution in [-0.2, 0) is 0 Å². The van der Waals surface area contributed by atoms with Gasteiger partial charge in [0.1, 0.15) is 22.9 Å². The zero-order valence-electron chi connectivity index (χ0n) is 14.6. The largest absolute Gasteiger partial charge is 0.494 e. The second-order valence-corrected chi connectivity index (χ2v) is 7.22. The van der Waals surface area contributed by atoms with Gasteiger partial charge in [0, 0.05) is 32.2 Å². The quantitative estimate of drug-likeness (QED) is 0.687. The summed E-state index contributed by atoms with van der Waals surface area (Å²) in [4.78, 5) is 20.9. The van der Waals surface area contributed by atoms with Gasteiger partial charge in [-0.3, -0.25) is 4.79 Å². The Balaban J connectivity index is 1.48. The molecule has 0 saturated carbocycles. The number of para-hydroxylation sites is 1. The van der Waals surface area contributed by atoms with Crippen LogP contribution in [0.3, 0.4) is 0 Å². The second-order valence-electron chi connectivity index (χ2n) is 6.21. The van der Waals surface area contributed by atoms with E-state index in [2.05, 4.69) is 9.88 Å². The minimum atomic E-state index is -0.833. The van der Waals surface area contributed by atoms with Gasteiger partial charge in [-0.1, -0.05) is 17.4 Å². The lowest BCUT2D eigenvalue weighted by molar-refractivity contribution is 0.0742. The maximum Gasteiger partial charge on any atom is 0.256 e. The first-order valence-electron chi connectivity index (χ1n) is 8.49. The van der Waals surface area contributed by atoms with Crippen LogP contribution < -0.4 is 9.64 Å². The Morgan fingerprint density at radius 3 is 2.63 bits per heavy atom. The van der Waals surface area contributed by atoms with Crippen LogP contribution in [0.25, 0.3) is 10.2 Å². The number of fused-ring (bicyclic) bond motifs is 1. The van der Waals surface area contributed by atoms with Gasteiger partial charge in [0.25, 0.3) is 5.91 Å². The molecule has 4 rings (SSSR count). The highest BCUT2D eigenvalue weighted by Gasteiger charge is 2.26. The fourth-order valence-electron chi connectivity index (χ4n) is 3.15. The average molecular weight is 389 g/mol. The number of piperazine rings is 1. The van der Waals surface area contributed by atoms with E-state index in [0.717, 1.165) is 33.2 Å². The first-order valence-corrected chi connectivity index (χ1v) is 9.31. The Morgan fingerprint density at radius 2 is 1.93 bits per heavy atom. The molecule has 0 atom stereocenters. The van der Waals surface area contributed by atoms with Gasteiger partial charge in [-0.25, -0.2) is 13.8 Å². The highest BCUT2D eigenvalue weighted by Crippen LogP contribution is 2.34. The molecule has 1 amide bonds. The number of ether oxygens (including phenoxy) is 1. The number of anilines is 1. The van der Waals surface area contributed by atoms with Crippen molar-refractivity contribution in [2.24, 2.45) is 0 Å². The minimum absolute atomic E-state index is 0.102. The number of methoxy groups -OCH3 is 1. The molecule has 1 aromatic heterocycles. The fraction of sp³-hybridized carbons (Fsp3) is 0.263. The summed E-state index contributed by atoms with van der Waals surface area (Å²) in [7, 11) is 1.62. The van der Waals surface area contributed by atoms with Crippen molar-refractivity contribution in [1.29, 1.82) is 0 Å². The highest BCUT2D eigenvalue weighted by atomic mass is 32.1. The van der Waals surface area contributed by atoms with Crippen LogP contribution in [0.5, 0.6) is 5.75 Å². The third-order valence-electron chi connectivity index (χ3n) is 4.59. The second kappa shape index (κ2) is 7.11. The zero-order valence-corrected chi connectivity index (χ0v) is 15.4. The number of halogens is 2. The molecule has 1 saturated heterocycles. The van der Waals surface area contributed by atoms with Crippen LogP contribution in [0.2, 0.25) is 0 Å². The molecule has 0 radical (unpaired) electrons. The van der Waals surface area contributed by atoms with E-state index in [1.165, 1.54) is 6.07 Å². The Kier molecular flexibility index (Phi) is 4.65. The lowest BCUT2D eigenvalue weighted by atomic mass is 10.1. The molecule has 1 fully saturated rings. The first-order chi connectivity index (χ1) is 13.1. The molecular formula is C19H17F2N3O2S. The van der Waals surface area contributed by atoms with Crippen molar-refractivity contribution in [2.45, 2.75) is 0 Å². The number of carbonyl (C=O) groups excluding carboxylic acids is 1. The highest BCUT2D eigenvalue weighted by molar-refractivity contribution is 7.22. The number of nitrogens with zero attached hydrogens (tertiary/aromatic N) is 3. The third-order valence-corrected chi connectivity index (χ3v) is 5.67. The molecule has 0 unspecified atom stereocenters. The Hall–Kier alpha value is -2.74. The van der Waals surface area contributed by atoms with E-state index in [9.17, 15) is 13.6 Å². The molecule has 2 aromatic carbocycles. The molecule has 140 valence electrons. The van der Waals surface area contributed by atoms with Gasteiger partial charge in [-0.2, -0.15) is 0 Å². The lowest BCUT2D eigenvalue weighted by Gasteiger charge is -2.34. The Morgan fingerprint density at radius 1 is 1.15 bits per heavy atom. The van der Waals surface area contributed by atoms with E-state index in [4.69, 9.17) is 4.74 Å². The van der Waals surface area contributed by atoms with Gasteiger partial charge in [0.2, 0.25) is 0 Å². The van der Waals surface area contributed by atoms with Crippen LogP contribution in [0.15, 0.2) is 36.4 Å². The molecule has 5 nitrogen and oxygen atoms in total. The maximum atomic E-state index is 13.9. The standard InChI is InChI=1S/C19H17F2N3O2S/c1-26-15-3-2-4-16-17(15)22-19(27-16)24-9-7-23(8-10-24)18(25)13-6-5-12(20)11-14(13)21/h2-6,11H,7-10H2,1H3. The third kappa shape index (κ3) is 3.32. The number of hydrogen-bond donors (Lipinski definition) is 0. The van der Waals surface area contributed by atoms with Crippen molar-refractivity contribution in [3.05, 3.63) is 53.6 Å². The van der Waals surface area contributed by atoms with E-state index in [1.54, 1.807) is 23.3 Å². The summed E-state index contributed by atoms with van der Waals surface area (Å²) in [5.41, 5.74) is 0.724. The van der Waals surface area contributed by atoms with Crippen LogP contribution in [0.1, 0.15) is 10.4 Å². The van der Waals surface area contributed by atoms with Gasteiger partial charge in [-0.05, 0) is 24.3 Å². The van der Waals surface area contributed by atoms with Crippen molar-refractivity contribution < 1.29 is 18.3 Å². The molecule has 2 heterocycles. The number of rotatable bonds is 3. The van der Waals surface area contributed by atoms with E-state index in [-0.39, 0.29) is 5.56 Å². The lowest BCUT2D eigenvalue weighted by Crippen LogP contribution is -2.49. The molecule has 0 aliphatic carbocycles. The average Bonchev–Trinajstić information content (AvgIpc) is 3.12. The SMILES string of the molecule is COc1cccc2sc(N3CCN(C(=O)c4ccc(F)cc4F)CC3)nc12. The number of hydrogen-bond acceptors (Lipinski definition) is 5. The van der Waals surface area contributed by atoms with Gasteiger partial charge in [0.05, 0.1) is 17.4 Å². The van der Waals surface area contributed by atoms with Crippen LogP contribution in [-0.4, -0.2) is 49.1 Å². The van der Waals surface area contributed by atoms with Crippen molar-refractivity contribution in [3.8, 4) is 5.75 Å². The predicted octanol–water partition coefficient (Wildman–Crippen LogP) is 3.55. The number of carbonyl (C=O) groups is 1. The number of amides is 1. The predicted molar refractivity (Wildman–Crippen MR) is 101 cm³/mol. The summed E-state index contributed by atoms with van der Waals surface area (Å²) in [6.07, 6.45) is 0. The van der Waals surface area contributed by atoms with Crippen molar-refractivity contribution in [2.75, 3.05) is 38.2 Å². The molecule has 3 aromatic rings. The van der Waals surface area contributed by atoms with Gasteiger partial charge in [0.15, 0.2) is 5.13 Å². The molecule has 0 spiro atoms. The summed E-state index contributed by atoms with van der Waals surface area (Å²) in [5.74, 6) is -1.21. The number of thiazole rings is 1. The van der Waals surface area contributed by atoms with Gasteiger partial charge >= 0.3 is 0 Å². The summed E-state index contributed by atoms with van der Waals surface area (Å²) < 4.78 is 33.3. The Bertz CT molecular complexity index is 1000. The molecule has 27 heavy (non-hydrogen) atoms. The Labute approximate surface area is 158 Å². The van der Waals surface area contributed by atoms with Crippen LogP contribution in [0.4, 0.5) is 13.9 Å². The zero-order chi connectivity index (χ0) is 19.0. The van der Waals surface area contributed by atoms with E-state index in [1.807, 2.05) is 18.2 Å². The monoisotopic (exact) mass is 389 g/mol. The van der Waals surface area contributed by atoms with Crippen molar-refractivity contribution in [1.82, 2.24) is 9.88 Å². The fourth-order valence-corrected chi connectivity index (χ4v) is 4.18. The van der Waals surface area contributed by atoms with E-state index in [0.29, 0.717) is 26.2 Å². The number of aromatic nitrogens is 1. The molecule has 0 bridgehead atoms. The summed E-state index contributed by atoms with van der Waals surface area (Å²) in [5, 5.41) is 0.870. The molecule has 1 aliphatic heterocycles. The first kappa shape index (κ1) is 17.7. The minimum Gasteiger partial charge on any atom is -0.494 e. The molecular weight excluding hydrogens is 372 g/mol. The maximum absolute atomic E-state index is 13.9. The van der Waals surface area contributed by atoms with E-state index >= 15 is 0 Å². The van der Waals surface area contributed by atoms with Crippen LogP contribution >= 0.6 is 11.3 Å². The number of benzene rings is 2. The van der Waals surface area contributed by atoms with Crippen molar-refractivity contribution in [3.63, 3.8) is 0 Å². The topological polar surface area (TPSA) is 45.7 Å². The summed E-state index contributed by atoms with van der Waals surface area (Å²) >= 11 is 1.57. The molecule has 0 N–H and O–H groups in total.